The third-order valence-corrected chi connectivity index (χ3v) is 7.71. The minimum absolute atomic E-state index is 0.0406. The molecule has 0 spiro atoms. The second-order valence-electron chi connectivity index (χ2n) is 10.3. The third-order valence-electron chi connectivity index (χ3n) is 6.25. The fourth-order valence-electron chi connectivity index (χ4n) is 4.14. The van der Waals surface area contributed by atoms with Gasteiger partial charge in [0.15, 0.2) is 0 Å². The Bertz CT molecular complexity index is 909. The molecule has 0 aromatic heterocycles. The minimum atomic E-state index is -4.06. The molecule has 0 unspecified atom stereocenters. The van der Waals surface area contributed by atoms with E-state index >= 15 is 0 Å². The molecule has 0 saturated carbocycles. The lowest BCUT2D eigenvalue weighted by Crippen LogP contribution is -2.48. The molecule has 2 rings (SSSR count). The van der Waals surface area contributed by atoms with Crippen LogP contribution in [0, 0.1) is 5.41 Å². The van der Waals surface area contributed by atoms with Gasteiger partial charge in [-0.3, -0.25) is 4.18 Å². The van der Waals surface area contributed by atoms with Gasteiger partial charge in [0, 0.05) is 7.11 Å². The largest absolute Gasteiger partial charge is 0.367 e. The van der Waals surface area contributed by atoms with Gasteiger partial charge < -0.3 is 4.74 Å². The molecule has 0 bridgehead atoms. The predicted octanol–water partition coefficient (Wildman–Crippen LogP) is 6.69. The smallest absolute Gasteiger partial charge is 0.297 e. The molecule has 5 heteroatoms. The van der Waals surface area contributed by atoms with E-state index in [0.717, 1.165) is 16.7 Å². The predicted molar refractivity (Wildman–Crippen MR) is 128 cm³/mol. The van der Waals surface area contributed by atoms with Crippen molar-refractivity contribution in [1.82, 2.24) is 0 Å². The molecule has 0 N–H and O–H groups in total. The molecule has 0 heterocycles. The Labute approximate surface area is 189 Å². The monoisotopic (exact) mass is 448 g/mol. The van der Waals surface area contributed by atoms with E-state index in [2.05, 4.69) is 34.3 Å². The van der Waals surface area contributed by atoms with Crippen LogP contribution in [0.1, 0.15) is 96.3 Å². The second-order valence-corrected chi connectivity index (χ2v) is 11.8. The van der Waals surface area contributed by atoms with Crippen LogP contribution in [0.3, 0.4) is 0 Å². The number of allylic oxidation sites excluding steroid dienone is 1. The van der Waals surface area contributed by atoms with Gasteiger partial charge in [0.2, 0.25) is 0 Å². The lowest BCUT2D eigenvalue weighted by Gasteiger charge is -2.42. The standard InChI is InChI=1S/C26H40O4S/c1-11-26(29-10)13-12-25(8,9)16-23(26)30-31(27,28)24-21(18(4)5)14-20(17(2)3)15-22(24)19(6)7/h11-15,17-19,23H,1,16H2,2-10H3/t23-,26-/m1/s1. The molecule has 31 heavy (non-hydrogen) atoms. The van der Waals surface area contributed by atoms with E-state index < -0.39 is 21.8 Å². The quantitative estimate of drug-likeness (QED) is 0.328. The number of hydrogen-bond donors (Lipinski definition) is 0. The normalized spacial score (nSPS) is 23.7. The molecule has 0 fully saturated rings. The van der Waals surface area contributed by atoms with E-state index in [1.807, 2.05) is 52.0 Å². The van der Waals surface area contributed by atoms with Gasteiger partial charge in [-0.15, -0.1) is 0 Å². The molecular weight excluding hydrogens is 408 g/mol. The van der Waals surface area contributed by atoms with Crippen molar-refractivity contribution in [2.45, 2.75) is 96.2 Å². The van der Waals surface area contributed by atoms with E-state index in [-0.39, 0.29) is 17.3 Å². The molecule has 1 aromatic rings. The molecular formula is C26H40O4S. The van der Waals surface area contributed by atoms with Crippen molar-refractivity contribution in [3.05, 3.63) is 53.6 Å². The van der Waals surface area contributed by atoms with Crippen molar-refractivity contribution in [3.63, 3.8) is 0 Å². The van der Waals surface area contributed by atoms with Crippen LogP contribution in [-0.4, -0.2) is 27.2 Å². The van der Waals surface area contributed by atoms with E-state index in [1.54, 1.807) is 13.2 Å². The van der Waals surface area contributed by atoms with Gasteiger partial charge in [0.25, 0.3) is 10.1 Å². The van der Waals surface area contributed by atoms with Crippen LogP contribution < -0.4 is 0 Å². The van der Waals surface area contributed by atoms with Crippen molar-refractivity contribution in [2.75, 3.05) is 7.11 Å². The first-order chi connectivity index (χ1) is 14.2. The zero-order valence-corrected chi connectivity index (χ0v) is 21.5. The van der Waals surface area contributed by atoms with Crippen LogP contribution in [0.2, 0.25) is 0 Å². The number of benzene rings is 1. The maximum Gasteiger partial charge on any atom is 0.297 e. The minimum Gasteiger partial charge on any atom is -0.367 e. The Morgan fingerprint density at radius 2 is 1.52 bits per heavy atom. The first-order valence-corrected chi connectivity index (χ1v) is 12.6. The number of rotatable bonds is 8. The summed E-state index contributed by atoms with van der Waals surface area (Å²) in [4.78, 5) is 0.309. The Kier molecular flexibility index (Phi) is 7.67. The molecule has 1 aromatic carbocycles. The van der Waals surface area contributed by atoms with Crippen LogP contribution in [0.4, 0.5) is 0 Å². The topological polar surface area (TPSA) is 52.6 Å². The molecule has 1 aliphatic carbocycles. The summed E-state index contributed by atoms with van der Waals surface area (Å²) in [6.07, 6.45) is 5.35. The van der Waals surface area contributed by atoms with Gasteiger partial charge >= 0.3 is 0 Å². The van der Waals surface area contributed by atoms with E-state index in [1.165, 1.54) is 0 Å². The third kappa shape index (κ3) is 5.32. The highest BCUT2D eigenvalue weighted by molar-refractivity contribution is 7.86. The summed E-state index contributed by atoms with van der Waals surface area (Å²) < 4.78 is 39.4. The van der Waals surface area contributed by atoms with Gasteiger partial charge in [-0.25, -0.2) is 0 Å². The Morgan fingerprint density at radius 3 is 1.90 bits per heavy atom. The average Bonchev–Trinajstić information content (AvgIpc) is 2.66. The molecule has 1 aliphatic rings. The Morgan fingerprint density at radius 1 is 1.00 bits per heavy atom. The summed E-state index contributed by atoms with van der Waals surface area (Å²) >= 11 is 0. The fourth-order valence-corrected chi connectivity index (χ4v) is 5.93. The van der Waals surface area contributed by atoms with Crippen LogP contribution in [0.25, 0.3) is 0 Å². The highest BCUT2D eigenvalue weighted by Gasteiger charge is 2.45. The maximum absolute atomic E-state index is 13.8. The van der Waals surface area contributed by atoms with E-state index in [9.17, 15) is 8.42 Å². The van der Waals surface area contributed by atoms with Crippen molar-refractivity contribution < 1.29 is 17.3 Å². The number of methoxy groups -OCH3 is 1. The zero-order chi connectivity index (χ0) is 23.8. The highest BCUT2D eigenvalue weighted by Crippen LogP contribution is 2.42. The van der Waals surface area contributed by atoms with Gasteiger partial charge in [0.05, 0.1) is 0 Å². The summed E-state index contributed by atoms with van der Waals surface area (Å²) in [6.45, 7) is 20.4. The summed E-state index contributed by atoms with van der Waals surface area (Å²) in [5, 5.41) is 0. The summed E-state index contributed by atoms with van der Waals surface area (Å²) in [6, 6.07) is 4.05. The van der Waals surface area contributed by atoms with Gasteiger partial charge in [-0.1, -0.05) is 86.3 Å². The second kappa shape index (κ2) is 9.21. The van der Waals surface area contributed by atoms with Crippen molar-refractivity contribution in [2.24, 2.45) is 5.41 Å². The summed E-state index contributed by atoms with van der Waals surface area (Å²) in [5.41, 5.74) is 1.56. The molecule has 0 radical (unpaired) electrons. The van der Waals surface area contributed by atoms with Crippen LogP contribution in [0.15, 0.2) is 41.8 Å². The maximum atomic E-state index is 13.8. The van der Waals surface area contributed by atoms with E-state index in [4.69, 9.17) is 8.92 Å². The summed E-state index contributed by atoms with van der Waals surface area (Å²) in [7, 11) is -2.50. The first-order valence-electron chi connectivity index (χ1n) is 11.2. The van der Waals surface area contributed by atoms with Crippen LogP contribution in [-0.2, 0) is 19.0 Å². The fraction of sp³-hybridized carbons (Fsp3) is 0.615. The lowest BCUT2D eigenvalue weighted by molar-refractivity contribution is -0.0420. The lowest BCUT2D eigenvalue weighted by atomic mass is 9.75. The van der Waals surface area contributed by atoms with Crippen molar-refractivity contribution in [1.29, 1.82) is 0 Å². The zero-order valence-electron chi connectivity index (χ0n) is 20.7. The van der Waals surface area contributed by atoms with Gasteiger partial charge in [0.1, 0.15) is 16.6 Å². The van der Waals surface area contributed by atoms with Crippen LogP contribution in [0.5, 0.6) is 0 Å². The molecule has 0 amide bonds. The Hall–Kier alpha value is -1.43. The Balaban J connectivity index is 2.69. The van der Waals surface area contributed by atoms with Crippen molar-refractivity contribution in [3.8, 4) is 0 Å². The molecule has 4 nitrogen and oxygen atoms in total. The first kappa shape index (κ1) is 25.8. The van der Waals surface area contributed by atoms with Crippen molar-refractivity contribution >= 4 is 10.1 Å². The number of hydrogen-bond acceptors (Lipinski definition) is 4. The SMILES string of the molecule is C=C[C@@]1(OC)C=CC(C)(C)C[C@H]1OS(=O)(=O)c1c(C(C)C)cc(C(C)C)cc1C(C)C. The van der Waals surface area contributed by atoms with E-state index in [0.29, 0.717) is 17.2 Å². The molecule has 0 saturated heterocycles. The van der Waals surface area contributed by atoms with Crippen LogP contribution >= 0.6 is 0 Å². The summed E-state index contributed by atoms with van der Waals surface area (Å²) in [5.74, 6) is 0.386. The molecule has 174 valence electrons. The highest BCUT2D eigenvalue weighted by atomic mass is 32.2. The molecule has 2 atom stereocenters. The molecule has 0 aliphatic heterocycles. The van der Waals surface area contributed by atoms with Gasteiger partial charge in [-0.05, 0) is 52.4 Å². The number of ether oxygens (including phenoxy) is 1. The van der Waals surface area contributed by atoms with Gasteiger partial charge in [-0.2, -0.15) is 8.42 Å². The average molecular weight is 449 g/mol.